The molecule has 6 heteroatoms. The summed E-state index contributed by atoms with van der Waals surface area (Å²) in [4.78, 5) is 16.3. The van der Waals surface area contributed by atoms with Crippen molar-refractivity contribution in [3.05, 3.63) is 71.0 Å². The lowest BCUT2D eigenvalue weighted by molar-refractivity contribution is 0.0139. The van der Waals surface area contributed by atoms with Crippen LogP contribution >= 0.6 is 0 Å². The zero-order valence-corrected chi connectivity index (χ0v) is 18.1. The first-order chi connectivity index (χ1) is 14.3. The normalized spacial score (nSPS) is 15.3. The third kappa shape index (κ3) is 7.11. The molecule has 0 aromatic heterocycles. The molecular weight excluding hydrogens is 383 g/mol. The Bertz CT molecular complexity index is 808. The molecular formula is C24H31FN2O3. The summed E-state index contributed by atoms with van der Waals surface area (Å²) in [6.07, 6.45) is -0.229. The lowest BCUT2D eigenvalue weighted by Crippen LogP contribution is -2.49. The lowest BCUT2D eigenvalue weighted by Gasteiger charge is -2.35. The average molecular weight is 415 g/mol. The van der Waals surface area contributed by atoms with Crippen molar-refractivity contribution in [2.24, 2.45) is 0 Å². The predicted octanol–water partition coefficient (Wildman–Crippen LogP) is 4.60. The summed E-state index contributed by atoms with van der Waals surface area (Å²) in [5, 5.41) is 0. The highest BCUT2D eigenvalue weighted by atomic mass is 19.1. The van der Waals surface area contributed by atoms with Crippen LogP contribution in [0.2, 0.25) is 0 Å². The molecule has 1 fully saturated rings. The van der Waals surface area contributed by atoms with E-state index in [9.17, 15) is 9.18 Å². The number of rotatable bonds is 6. The Kier molecular flexibility index (Phi) is 7.45. The van der Waals surface area contributed by atoms with Gasteiger partial charge in [0.15, 0.2) is 0 Å². The van der Waals surface area contributed by atoms with Crippen LogP contribution in [-0.4, -0.2) is 47.7 Å². The summed E-state index contributed by atoms with van der Waals surface area (Å²) in [5.41, 5.74) is 2.84. The number of piperazine rings is 1. The Labute approximate surface area is 178 Å². The first-order valence-corrected chi connectivity index (χ1v) is 10.4. The van der Waals surface area contributed by atoms with E-state index in [4.69, 9.17) is 9.47 Å². The molecule has 1 aliphatic heterocycles. The maximum Gasteiger partial charge on any atom is 0.410 e. The summed E-state index contributed by atoms with van der Waals surface area (Å²) in [7, 11) is 0. The molecule has 0 aliphatic carbocycles. The predicted molar refractivity (Wildman–Crippen MR) is 114 cm³/mol. The number of carbonyl (C=O) groups excluding carboxylic acids is 1. The van der Waals surface area contributed by atoms with E-state index in [2.05, 4.69) is 29.2 Å². The van der Waals surface area contributed by atoms with Gasteiger partial charge in [0.25, 0.3) is 0 Å². The molecule has 0 atom stereocenters. The van der Waals surface area contributed by atoms with Crippen LogP contribution in [0.15, 0.2) is 48.5 Å². The van der Waals surface area contributed by atoms with Crippen LogP contribution in [0, 0.1) is 5.82 Å². The second-order valence-electron chi connectivity index (χ2n) is 8.68. The molecule has 3 rings (SSSR count). The molecule has 0 radical (unpaired) electrons. The van der Waals surface area contributed by atoms with Gasteiger partial charge < -0.3 is 14.4 Å². The van der Waals surface area contributed by atoms with Crippen LogP contribution < -0.4 is 0 Å². The zero-order chi connectivity index (χ0) is 21.6. The highest BCUT2D eigenvalue weighted by Gasteiger charge is 2.25. The largest absolute Gasteiger partial charge is 0.444 e. The van der Waals surface area contributed by atoms with E-state index < -0.39 is 5.60 Å². The second-order valence-corrected chi connectivity index (χ2v) is 8.68. The molecule has 2 aromatic rings. The second kappa shape index (κ2) is 10.0. The van der Waals surface area contributed by atoms with Gasteiger partial charge in [0.05, 0.1) is 13.2 Å². The zero-order valence-electron chi connectivity index (χ0n) is 18.1. The SMILES string of the molecule is CC(C)(C)OC(=O)N1CCN(Cc2ccc(COCc3ccc(F)cc3)cc2)CC1. The number of carbonyl (C=O) groups is 1. The van der Waals surface area contributed by atoms with Crippen molar-refractivity contribution in [2.75, 3.05) is 26.2 Å². The molecule has 1 amide bonds. The van der Waals surface area contributed by atoms with Crippen LogP contribution in [0.25, 0.3) is 0 Å². The van der Waals surface area contributed by atoms with Crippen molar-refractivity contribution in [1.29, 1.82) is 0 Å². The molecule has 0 spiro atoms. The molecule has 2 aromatic carbocycles. The van der Waals surface area contributed by atoms with E-state index in [1.54, 1.807) is 17.0 Å². The van der Waals surface area contributed by atoms with Gasteiger partial charge >= 0.3 is 6.09 Å². The fraction of sp³-hybridized carbons (Fsp3) is 0.458. The van der Waals surface area contributed by atoms with Crippen molar-refractivity contribution in [1.82, 2.24) is 9.80 Å². The number of benzene rings is 2. The van der Waals surface area contributed by atoms with E-state index in [1.807, 2.05) is 20.8 Å². The molecule has 0 unspecified atom stereocenters. The van der Waals surface area contributed by atoms with Crippen LogP contribution in [-0.2, 0) is 29.2 Å². The van der Waals surface area contributed by atoms with Crippen molar-refractivity contribution >= 4 is 6.09 Å². The molecule has 162 valence electrons. The van der Waals surface area contributed by atoms with Gasteiger partial charge in [0.1, 0.15) is 11.4 Å². The maximum atomic E-state index is 12.9. The van der Waals surface area contributed by atoms with E-state index in [-0.39, 0.29) is 11.9 Å². The fourth-order valence-corrected chi connectivity index (χ4v) is 3.28. The molecule has 0 N–H and O–H groups in total. The van der Waals surface area contributed by atoms with Crippen molar-refractivity contribution in [3.63, 3.8) is 0 Å². The lowest BCUT2D eigenvalue weighted by atomic mass is 10.1. The summed E-state index contributed by atoms with van der Waals surface area (Å²) >= 11 is 0. The highest BCUT2D eigenvalue weighted by molar-refractivity contribution is 5.68. The Morgan fingerprint density at radius 1 is 0.867 bits per heavy atom. The molecule has 0 bridgehead atoms. The summed E-state index contributed by atoms with van der Waals surface area (Å²) < 4.78 is 24.1. The van der Waals surface area contributed by atoms with Crippen LogP contribution in [0.3, 0.4) is 0 Å². The van der Waals surface area contributed by atoms with Gasteiger partial charge in [0.2, 0.25) is 0 Å². The summed E-state index contributed by atoms with van der Waals surface area (Å²) in [6.45, 7) is 10.5. The molecule has 1 heterocycles. The minimum Gasteiger partial charge on any atom is -0.444 e. The molecule has 5 nitrogen and oxygen atoms in total. The van der Waals surface area contributed by atoms with Gasteiger partial charge in [-0.3, -0.25) is 4.90 Å². The standard InChI is InChI=1S/C24H31FN2O3/c1-24(2,3)30-23(28)27-14-12-26(13-15-27)16-19-4-6-20(7-5-19)17-29-18-21-8-10-22(25)11-9-21/h4-11H,12-18H2,1-3H3. The van der Waals surface area contributed by atoms with Gasteiger partial charge in [-0.05, 0) is 49.6 Å². The third-order valence-electron chi connectivity index (χ3n) is 4.90. The summed E-state index contributed by atoms with van der Waals surface area (Å²) in [5.74, 6) is -0.236. The topological polar surface area (TPSA) is 42.0 Å². The summed E-state index contributed by atoms with van der Waals surface area (Å²) in [6, 6.07) is 14.8. The quantitative estimate of drug-likeness (QED) is 0.693. The van der Waals surface area contributed by atoms with Crippen molar-refractivity contribution in [2.45, 2.75) is 46.1 Å². The van der Waals surface area contributed by atoms with E-state index >= 15 is 0 Å². The van der Waals surface area contributed by atoms with Gasteiger partial charge in [-0.25, -0.2) is 9.18 Å². The Morgan fingerprint density at radius 3 is 1.90 bits per heavy atom. The number of hydrogen-bond acceptors (Lipinski definition) is 4. The number of nitrogens with zero attached hydrogens (tertiary/aromatic N) is 2. The first-order valence-electron chi connectivity index (χ1n) is 10.4. The van der Waals surface area contributed by atoms with E-state index in [1.165, 1.54) is 17.7 Å². The third-order valence-corrected chi connectivity index (χ3v) is 4.90. The average Bonchev–Trinajstić information content (AvgIpc) is 2.70. The van der Waals surface area contributed by atoms with Gasteiger partial charge in [-0.15, -0.1) is 0 Å². The number of hydrogen-bond donors (Lipinski definition) is 0. The van der Waals surface area contributed by atoms with Gasteiger partial charge in [-0.2, -0.15) is 0 Å². The maximum absolute atomic E-state index is 12.9. The van der Waals surface area contributed by atoms with Crippen molar-refractivity contribution < 1.29 is 18.7 Å². The minimum atomic E-state index is -0.460. The molecule has 1 aliphatic rings. The number of ether oxygens (including phenoxy) is 2. The van der Waals surface area contributed by atoms with Crippen LogP contribution in [0.4, 0.5) is 9.18 Å². The smallest absolute Gasteiger partial charge is 0.410 e. The Morgan fingerprint density at radius 2 is 1.37 bits per heavy atom. The Hall–Kier alpha value is -2.44. The van der Waals surface area contributed by atoms with E-state index in [0.717, 1.165) is 30.8 Å². The van der Waals surface area contributed by atoms with Crippen LogP contribution in [0.5, 0.6) is 0 Å². The van der Waals surface area contributed by atoms with Crippen molar-refractivity contribution in [3.8, 4) is 0 Å². The van der Waals surface area contributed by atoms with Gasteiger partial charge in [-0.1, -0.05) is 36.4 Å². The fourth-order valence-electron chi connectivity index (χ4n) is 3.28. The highest BCUT2D eigenvalue weighted by Crippen LogP contribution is 2.14. The number of amides is 1. The van der Waals surface area contributed by atoms with Crippen LogP contribution in [0.1, 0.15) is 37.5 Å². The Balaban J connectivity index is 1.39. The molecule has 0 saturated carbocycles. The minimum absolute atomic E-state index is 0.229. The monoisotopic (exact) mass is 414 g/mol. The number of halogens is 1. The van der Waals surface area contributed by atoms with E-state index in [0.29, 0.717) is 26.3 Å². The first kappa shape index (κ1) is 22.2. The van der Waals surface area contributed by atoms with Gasteiger partial charge in [0, 0.05) is 32.7 Å². The molecule has 30 heavy (non-hydrogen) atoms. The molecule has 1 saturated heterocycles.